The lowest BCUT2D eigenvalue weighted by atomic mass is 9.71. The quantitative estimate of drug-likeness (QED) is 0.375. The van der Waals surface area contributed by atoms with E-state index in [1.807, 2.05) is 23.1 Å². The van der Waals surface area contributed by atoms with Crippen LogP contribution < -0.4 is 5.32 Å². The molecule has 2 aliphatic heterocycles. The van der Waals surface area contributed by atoms with Crippen LogP contribution in [0, 0.1) is 11.3 Å². The van der Waals surface area contributed by atoms with Crippen molar-refractivity contribution in [1.82, 2.24) is 15.1 Å². The standard InChI is InChI=1S/C34H41ClF3N3O2/c35-29-10-9-26(34(36,37)38)21-28(29)31(42)39-30-11-8-24-6-7-25(20-27(24)30)32(43)41-18-14-33(15-19-41)12-16-40(17-13-33)22-23-4-2-1-3-5-23/h6-7,9-10,20-21,23,30H,1-5,8,11-19,22H2,(H,39,42). The molecule has 1 atom stereocenters. The number of hydrogen-bond acceptors (Lipinski definition) is 3. The van der Waals surface area contributed by atoms with E-state index in [0.717, 1.165) is 67.6 Å². The Bertz CT molecular complexity index is 1340. The van der Waals surface area contributed by atoms with Crippen molar-refractivity contribution >= 4 is 23.4 Å². The van der Waals surface area contributed by atoms with E-state index in [1.54, 1.807) is 0 Å². The molecule has 1 unspecified atom stereocenters. The minimum Gasteiger partial charge on any atom is -0.345 e. The molecule has 1 saturated carbocycles. The first kappa shape index (κ1) is 30.4. The van der Waals surface area contributed by atoms with Gasteiger partial charge in [-0.1, -0.05) is 36.9 Å². The highest BCUT2D eigenvalue weighted by Crippen LogP contribution is 2.42. The molecule has 1 spiro atoms. The second kappa shape index (κ2) is 12.4. The number of nitrogens with zero attached hydrogens (tertiary/aromatic N) is 2. The topological polar surface area (TPSA) is 52.7 Å². The Labute approximate surface area is 257 Å². The maximum absolute atomic E-state index is 13.6. The van der Waals surface area contributed by atoms with Gasteiger partial charge in [-0.05, 0) is 117 Å². The van der Waals surface area contributed by atoms with Crippen LogP contribution in [0.25, 0.3) is 0 Å². The highest BCUT2D eigenvalue weighted by atomic mass is 35.5. The zero-order chi connectivity index (χ0) is 30.2. The first-order valence-electron chi connectivity index (χ1n) is 15.9. The molecule has 2 heterocycles. The van der Waals surface area contributed by atoms with E-state index in [0.29, 0.717) is 17.4 Å². The minimum absolute atomic E-state index is 0.00489. The second-order valence-electron chi connectivity index (χ2n) is 13.3. The van der Waals surface area contributed by atoms with Gasteiger partial charge < -0.3 is 15.1 Å². The first-order chi connectivity index (χ1) is 20.6. The molecule has 2 aromatic carbocycles. The summed E-state index contributed by atoms with van der Waals surface area (Å²) in [4.78, 5) is 31.2. The smallest absolute Gasteiger partial charge is 0.345 e. The molecule has 9 heteroatoms. The number of hydrogen-bond donors (Lipinski definition) is 1. The van der Waals surface area contributed by atoms with Gasteiger partial charge in [-0.15, -0.1) is 0 Å². The molecule has 1 N–H and O–H groups in total. The molecule has 43 heavy (non-hydrogen) atoms. The number of piperidine rings is 2. The van der Waals surface area contributed by atoms with Gasteiger partial charge in [0.2, 0.25) is 0 Å². The molecule has 0 radical (unpaired) electrons. The van der Waals surface area contributed by atoms with Crippen molar-refractivity contribution < 1.29 is 22.8 Å². The summed E-state index contributed by atoms with van der Waals surface area (Å²) in [6.45, 7) is 5.12. The summed E-state index contributed by atoms with van der Waals surface area (Å²) in [6.07, 6.45) is 8.22. The van der Waals surface area contributed by atoms with E-state index in [-0.39, 0.29) is 16.5 Å². The van der Waals surface area contributed by atoms with Gasteiger partial charge in [0.05, 0.1) is 22.2 Å². The summed E-state index contributed by atoms with van der Waals surface area (Å²) in [5.74, 6) is 0.225. The van der Waals surface area contributed by atoms with E-state index in [4.69, 9.17) is 11.6 Å². The van der Waals surface area contributed by atoms with E-state index < -0.39 is 23.7 Å². The van der Waals surface area contributed by atoms with Gasteiger partial charge in [0, 0.05) is 25.2 Å². The van der Waals surface area contributed by atoms with Gasteiger partial charge in [0.25, 0.3) is 11.8 Å². The molecule has 6 rings (SSSR count). The Balaban J connectivity index is 1.05. The molecule has 232 valence electrons. The van der Waals surface area contributed by atoms with E-state index in [1.165, 1.54) is 64.6 Å². The number of alkyl halides is 3. The Kier molecular flexibility index (Phi) is 8.80. The third-order valence-electron chi connectivity index (χ3n) is 10.6. The third-order valence-corrected chi connectivity index (χ3v) is 10.9. The molecular weight excluding hydrogens is 575 g/mol. The fraction of sp³-hybridized carbons (Fsp3) is 0.588. The SMILES string of the molecule is O=C(NC1CCc2ccc(C(=O)N3CCC4(CCN(CC5CCCCC5)CC4)CC3)cc21)c1cc(C(F)(F)F)ccc1Cl. The maximum atomic E-state index is 13.6. The maximum Gasteiger partial charge on any atom is 0.416 e. The molecule has 5 nitrogen and oxygen atoms in total. The molecule has 0 aromatic heterocycles. The fourth-order valence-corrected chi connectivity index (χ4v) is 8.01. The van der Waals surface area contributed by atoms with Gasteiger partial charge in [-0.2, -0.15) is 13.2 Å². The number of carbonyl (C=O) groups is 2. The fourth-order valence-electron chi connectivity index (χ4n) is 7.81. The van der Waals surface area contributed by atoms with Gasteiger partial charge in [-0.3, -0.25) is 9.59 Å². The highest BCUT2D eigenvalue weighted by molar-refractivity contribution is 6.33. The van der Waals surface area contributed by atoms with Crippen LogP contribution >= 0.6 is 11.6 Å². The molecule has 2 saturated heterocycles. The summed E-state index contributed by atoms with van der Waals surface area (Å²) < 4.78 is 39.7. The lowest BCUT2D eigenvalue weighted by Gasteiger charge is -2.47. The normalized spacial score (nSPS) is 22.9. The van der Waals surface area contributed by atoms with Crippen LogP contribution in [-0.2, 0) is 12.6 Å². The number of rotatable bonds is 5. The highest BCUT2D eigenvalue weighted by Gasteiger charge is 2.39. The molecule has 2 aromatic rings. The Hall–Kier alpha value is -2.58. The third kappa shape index (κ3) is 6.75. The van der Waals surface area contributed by atoms with Crippen LogP contribution in [0.5, 0.6) is 0 Å². The zero-order valence-corrected chi connectivity index (χ0v) is 25.4. The van der Waals surface area contributed by atoms with E-state index in [9.17, 15) is 22.8 Å². The predicted molar refractivity (Wildman–Crippen MR) is 161 cm³/mol. The Morgan fingerprint density at radius 2 is 1.60 bits per heavy atom. The van der Waals surface area contributed by atoms with Crippen molar-refractivity contribution in [2.75, 3.05) is 32.7 Å². The molecule has 2 amide bonds. The number of likely N-dealkylation sites (tertiary alicyclic amines) is 2. The average molecular weight is 616 g/mol. The molecule has 4 aliphatic rings. The molecule has 3 fully saturated rings. The Morgan fingerprint density at radius 3 is 2.30 bits per heavy atom. The molecule has 2 aliphatic carbocycles. The van der Waals surface area contributed by atoms with Crippen molar-refractivity contribution in [3.05, 3.63) is 69.2 Å². The average Bonchev–Trinajstić information content (AvgIpc) is 3.40. The van der Waals surface area contributed by atoms with Crippen LogP contribution in [-0.4, -0.2) is 54.3 Å². The lowest BCUT2D eigenvalue weighted by Crippen LogP contribution is -2.49. The number of benzene rings is 2. The number of halogens is 4. The monoisotopic (exact) mass is 615 g/mol. The van der Waals surface area contributed by atoms with Gasteiger partial charge in [-0.25, -0.2) is 0 Å². The van der Waals surface area contributed by atoms with Gasteiger partial charge >= 0.3 is 6.18 Å². The van der Waals surface area contributed by atoms with Crippen molar-refractivity contribution in [1.29, 1.82) is 0 Å². The minimum atomic E-state index is -4.57. The zero-order valence-electron chi connectivity index (χ0n) is 24.7. The van der Waals surface area contributed by atoms with Crippen LogP contribution in [0.4, 0.5) is 13.2 Å². The van der Waals surface area contributed by atoms with Crippen molar-refractivity contribution in [2.24, 2.45) is 11.3 Å². The summed E-state index contributed by atoms with van der Waals surface area (Å²) in [6, 6.07) is 8.02. The van der Waals surface area contributed by atoms with Crippen LogP contribution in [0.3, 0.4) is 0 Å². The van der Waals surface area contributed by atoms with E-state index >= 15 is 0 Å². The van der Waals surface area contributed by atoms with Crippen LogP contribution in [0.2, 0.25) is 5.02 Å². The summed E-state index contributed by atoms with van der Waals surface area (Å²) in [5, 5.41) is 2.83. The van der Waals surface area contributed by atoms with Gasteiger partial charge in [0.15, 0.2) is 0 Å². The first-order valence-corrected chi connectivity index (χ1v) is 16.3. The number of amides is 2. The molecular formula is C34H41ClF3N3O2. The van der Waals surface area contributed by atoms with Crippen molar-refractivity contribution in [3.63, 3.8) is 0 Å². The summed E-state index contributed by atoms with van der Waals surface area (Å²) >= 11 is 6.10. The largest absolute Gasteiger partial charge is 0.416 e. The molecule has 0 bridgehead atoms. The summed E-state index contributed by atoms with van der Waals surface area (Å²) in [7, 11) is 0. The number of aryl methyl sites for hydroxylation is 1. The number of fused-ring (bicyclic) bond motifs is 1. The van der Waals surface area contributed by atoms with Crippen LogP contribution in [0.1, 0.15) is 108 Å². The van der Waals surface area contributed by atoms with Crippen molar-refractivity contribution in [3.8, 4) is 0 Å². The van der Waals surface area contributed by atoms with Gasteiger partial charge in [0.1, 0.15) is 0 Å². The second-order valence-corrected chi connectivity index (χ2v) is 13.7. The lowest BCUT2D eigenvalue weighted by molar-refractivity contribution is -0.137. The van der Waals surface area contributed by atoms with Crippen LogP contribution in [0.15, 0.2) is 36.4 Å². The number of carbonyl (C=O) groups excluding carboxylic acids is 2. The summed E-state index contributed by atoms with van der Waals surface area (Å²) in [5.41, 5.74) is 1.69. The van der Waals surface area contributed by atoms with E-state index in [2.05, 4.69) is 10.2 Å². The number of nitrogens with one attached hydrogen (secondary N) is 1. The Morgan fingerprint density at radius 1 is 0.907 bits per heavy atom. The van der Waals surface area contributed by atoms with Crippen molar-refractivity contribution in [2.45, 2.75) is 82.8 Å². The predicted octanol–water partition coefficient (Wildman–Crippen LogP) is 7.67.